The van der Waals surface area contributed by atoms with Crippen LogP contribution in [0.3, 0.4) is 0 Å². The molecule has 0 saturated heterocycles. The highest BCUT2D eigenvalue weighted by molar-refractivity contribution is 5.72. The number of ether oxygens (including phenoxy) is 2. The molecular formula is C14H13FO3. The van der Waals surface area contributed by atoms with Gasteiger partial charge in [-0.1, -0.05) is 0 Å². The predicted molar refractivity (Wildman–Crippen MR) is 66.6 cm³/mol. The molecule has 0 bridgehead atoms. The van der Waals surface area contributed by atoms with E-state index in [0.29, 0.717) is 22.6 Å². The lowest BCUT2D eigenvalue weighted by Crippen LogP contribution is -1.91. The molecule has 4 heteroatoms. The molecule has 0 unspecified atom stereocenters. The van der Waals surface area contributed by atoms with Gasteiger partial charge in [0.1, 0.15) is 23.1 Å². The fraction of sp³-hybridized carbons (Fsp3) is 0.143. The summed E-state index contributed by atoms with van der Waals surface area (Å²) in [7, 11) is 3.08. The van der Waals surface area contributed by atoms with E-state index in [0.717, 1.165) is 6.07 Å². The van der Waals surface area contributed by atoms with E-state index in [1.807, 2.05) is 0 Å². The Balaban J connectivity index is 2.55. The van der Waals surface area contributed by atoms with Crippen LogP contribution in [0.2, 0.25) is 0 Å². The molecule has 0 fully saturated rings. The molecule has 0 aliphatic heterocycles. The molecule has 0 spiro atoms. The van der Waals surface area contributed by atoms with Gasteiger partial charge in [0.15, 0.2) is 0 Å². The molecule has 2 rings (SSSR count). The number of hydrogen-bond acceptors (Lipinski definition) is 3. The minimum absolute atomic E-state index is 0.122. The Morgan fingerprint density at radius 3 is 2.39 bits per heavy atom. The maximum atomic E-state index is 13.3. The van der Waals surface area contributed by atoms with Crippen molar-refractivity contribution in [3.05, 3.63) is 42.2 Å². The molecule has 0 heterocycles. The average molecular weight is 248 g/mol. The number of hydrogen-bond donors (Lipinski definition) is 1. The van der Waals surface area contributed by atoms with Crippen molar-refractivity contribution in [3.8, 4) is 28.4 Å². The zero-order valence-electron chi connectivity index (χ0n) is 10.1. The topological polar surface area (TPSA) is 38.7 Å². The highest BCUT2D eigenvalue weighted by Crippen LogP contribution is 2.34. The van der Waals surface area contributed by atoms with Crippen LogP contribution in [0, 0.1) is 5.82 Å². The normalized spacial score (nSPS) is 10.2. The molecule has 0 aliphatic carbocycles. The van der Waals surface area contributed by atoms with Crippen molar-refractivity contribution in [1.82, 2.24) is 0 Å². The van der Waals surface area contributed by atoms with E-state index in [4.69, 9.17) is 9.47 Å². The largest absolute Gasteiger partial charge is 0.508 e. The van der Waals surface area contributed by atoms with Crippen LogP contribution in [-0.2, 0) is 0 Å². The molecule has 0 aliphatic rings. The van der Waals surface area contributed by atoms with Crippen LogP contribution < -0.4 is 9.47 Å². The fourth-order valence-electron chi connectivity index (χ4n) is 1.77. The summed E-state index contributed by atoms with van der Waals surface area (Å²) in [5.74, 6) is 0.585. The predicted octanol–water partition coefficient (Wildman–Crippen LogP) is 3.22. The van der Waals surface area contributed by atoms with Crippen LogP contribution in [0.25, 0.3) is 11.1 Å². The maximum Gasteiger partial charge on any atom is 0.130 e. The van der Waals surface area contributed by atoms with Crippen molar-refractivity contribution in [1.29, 1.82) is 0 Å². The number of benzene rings is 2. The van der Waals surface area contributed by atoms with Gasteiger partial charge in [0.2, 0.25) is 0 Å². The molecule has 2 aromatic rings. The monoisotopic (exact) mass is 248 g/mol. The second kappa shape index (κ2) is 4.96. The van der Waals surface area contributed by atoms with E-state index in [1.165, 1.54) is 19.2 Å². The molecule has 94 valence electrons. The quantitative estimate of drug-likeness (QED) is 0.906. The number of methoxy groups -OCH3 is 2. The maximum absolute atomic E-state index is 13.3. The third kappa shape index (κ3) is 2.37. The minimum atomic E-state index is -0.497. The van der Waals surface area contributed by atoms with Crippen molar-refractivity contribution < 1.29 is 19.0 Å². The first-order valence-corrected chi connectivity index (χ1v) is 5.36. The Bertz CT molecular complexity index is 547. The van der Waals surface area contributed by atoms with E-state index in [2.05, 4.69) is 0 Å². The van der Waals surface area contributed by atoms with Crippen molar-refractivity contribution in [2.45, 2.75) is 0 Å². The molecule has 0 aromatic heterocycles. The average Bonchev–Trinajstić information content (AvgIpc) is 2.36. The SMILES string of the molecule is COc1ccc(-c2cc(O)cc(F)c2)c(OC)c1. The highest BCUT2D eigenvalue weighted by atomic mass is 19.1. The molecule has 1 N–H and O–H groups in total. The lowest BCUT2D eigenvalue weighted by Gasteiger charge is -2.11. The Kier molecular flexibility index (Phi) is 3.37. The van der Waals surface area contributed by atoms with Crippen LogP contribution in [0.5, 0.6) is 17.2 Å². The first-order chi connectivity index (χ1) is 8.63. The molecule has 0 saturated carbocycles. The Hall–Kier alpha value is -2.23. The number of phenolic OH excluding ortho intramolecular Hbond substituents is 1. The van der Waals surface area contributed by atoms with E-state index < -0.39 is 5.82 Å². The van der Waals surface area contributed by atoms with Gasteiger partial charge < -0.3 is 14.6 Å². The van der Waals surface area contributed by atoms with E-state index in [9.17, 15) is 9.50 Å². The first kappa shape index (κ1) is 12.2. The summed E-state index contributed by atoms with van der Waals surface area (Å²) >= 11 is 0. The van der Waals surface area contributed by atoms with E-state index in [-0.39, 0.29) is 5.75 Å². The van der Waals surface area contributed by atoms with Crippen molar-refractivity contribution >= 4 is 0 Å². The minimum Gasteiger partial charge on any atom is -0.508 e. The third-order valence-corrected chi connectivity index (χ3v) is 2.60. The molecule has 0 amide bonds. The summed E-state index contributed by atoms with van der Waals surface area (Å²) in [6.45, 7) is 0. The summed E-state index contributed by atoms with van der Waals surface area (Å²) in [5, 5.41) is 9.41. The van der Waals surface area contributed by atoms with Gasteiger partial charge in [-0.05, 0) is 29.8 Å². The van der Waals surface area contributed by atoms with E-state index in [1.54, 1.807) is 25.3 Å². The number of rotatable bonds is 3. The summed E-state index contributed by atoms with van der Waals surface area (Å²) in [6.07, 6.45) is 0. The number of phenols is 1. The zero-order chi connectivity index (χ0) is 13.1. The third-order valence-electron chi connectivity index (χ3n) is 2.60. The zero-order valence-corrected chi connectivity index (χ0v) is 10.1. The van der Waals surface area contributed by atoms with Crippen LogP contribution >= 0.6 is 0 Å². The van der Waals surface area contributed by atoms with Gasteiger partial charge in [0.05, 0.1) is 14.2 Å². The summed E-state index contributed by atoms with van der Waals surface area (Å²) in [6, 6.07) is 9.08. The molecule has 2 aromatic carbocycles. The van der Waals surface area contributed by atoms with Gasteiger partial charge in [-0.3, -0.25) is 0 Å². The van der Waals surface area contributed by atoms with Gasteiger partial charge >= 0.3 is 0 Å². The number of halogens is 1. The lowest BCUT2D eigenvalue weighted by atomic mass is 10.0. The van der Waals surface area contributed by atoms with Crippen molar-refractivity contribution in [2.75, 3.05) is 14.2 Å². The highest BCUT2D eigenvalue weighted by Gasteiger charge is 2.09. The Labute approximate surface area is 104 Å². The smallest absolute Gasteiger partial charge is 0.130 e. The van der Waals surface area contributed by atoms with Crippen LogP contribution in [0.4, 0.5) is 4.39 Å². The Morgan fingerprint density at radius 2 is 1.78 bits per heavy atom. The Morgan fingerprint density at radius 1 is 1.00 bits per heavy atom. The van der Waals surface area contributed by atoms with Gasteiger partial charge in [-0.25, -0.2) is 4.39 Å². The van der Waals surface area contributed by atoms with Gasteiger partial charge in [-0.2, -0.15) is 0 Å². The second-order valence-electron chi connectivity index (χ2n) is 3.76. The molecule has 0 radical (unpaired) electrons. The van der Waals surface area contributed by atoms with Gasteiger partial charge in [0.25, 0.3) is 0 Å². The van der Waals surface area contributed by atoms with Crippen molar-refractivity contribution in [3.63, 3.8) is 0 Å². The molecule has 3 nitrogen and oxygen atoms in total. The fourth-order valence-corrected chi connectivity index (χ4v) is 1.77. The standard InChI is InChI=1S/C14H13FO3/c1-17-12-3-4-13(14(8-12)18-2)9-5-10(15)7-11(16)6-9/h3-8,16H,1-2H3. The van der Waals surface area contributed by atoms with Crippen LogP contribution in [-0.4, -0.2) is 19.3 Å². The lowest BCUT2D eigenvalue weighted by molar-refractivity contribution is 0.395. The summed E-state index contributed by atoms with van der Waals surface area (Å²) in [5.41, 5.74) is 1.24. The van der Waals surface area contributed by atoms with Gasteiger partial charge in [0, 0.05) is 17.7 Å². The second-order valence-corrected chi connectivity index (χ2v) is 3.76. The summed E-state index contributed by atoms with van der Waals surface area (Å²) < 4.78 is 23.6. The van der Waals surface area contributed by atoms with Crippen molar-refractivity contribution in [2.24, 2.45) is 0 Å². The van der Waals surface area contributed by atoms with Crippen LogP contribution in [0.15, 0.2) is 36.4 Å². The molecular weight excluding hydrogens is 235 g/mol. The van der Waals surface area contributed by atoms with E-state index >= 15 is 0 Å². The summed E-state index contributed by atoms with van der Waals surface area (Å²) in [4.78, 5) is 0. The van der Waals surface area contributed by atoms with Gasteiger partial charge in [-0.15, -0.1) is 0 Å². The molecule has 0 atom stereocenters. The molecule has 18 heavy (non-hydrogen) atoms. The van der Waals surface area contributed by atoms with Crippen LogP contribution in [0.1, 0.15) is 0 Å². The number of aromatic hydroxyl groups is 1. The first-order valence-electron chi connectivity index (χ1n) is 5.36.